The zero-order valence-electron chi connectivity index (χ0n) is 10.1. The van der Waals surface area contributed by atoms with E-state index in [1.165, 1.54) is 0 Å². The molecule has 98 valence electrons. The van der Waals surface area contributed by atoms with Crippen LogP contribution in [0.2, 0.25) is 5.02 Å². The van der Waals surface area contributed by atoms with Crippen LogP contribution in [-0.2, 0) is 12.8 Å². The normalized spacial score (nSPS) is 13.4. The highest BCUT2D eigenvalue weighted by Gasteiger charge is 2.20. The first-order valence-corrected chi connectivity index (χ1v) is 7.18. The molecule has 0 atom stereocenters. The molecule has 0 saturated heterocycles. The van der Waals surface area contributed by atoms with Gasteiger partial charge >= 0.3 is 0 Å². The number of nitrogens with one attached hydrogen (secondary N) is 1. The predicted octanol–water partition coefficient (Wildman–Crippen LogP) is 3.33. The molecule has 0 aliphatic heterocycles. The Labute approximate surface area is 124 Å². The molecule has 2 aromatic rings. The van der Waals surface area contributed by atoms with E-state index in [1.807, 2.05) is 18.2 Å². The average molecular weight is 340 g/mol. The SMILES string of the molecule is NNc1nc(-c2cc(Cl)ccc2Br)nc2c1CCC2. The van der Waals surface area contributed by atoms with Gasteiger partial charge in [0, 0.05) is 26.3 Å². The number of hydrogen-bond donors (Lipinski definition) is 2. The fourth-order valence-corrected chi connectivity index (χ4v) is 2.94. The minimum atomic E-state index is 0.642. The molecule has 1 aromatic carbocycles. The van der Waals surface area contributed by atoms with E-state index in [2.05, 4.69) is 31.3 Å². The molecule has 1 aromatic heterocycles. The Morgan fingerprint density at radius 1 is 1.26 bits per heavy atom. The molecule has 3 N–H and O–H groups in total. The highest BCUT2D eigenvalue weighted by Crippen LogP contribution is 2.33. The van der Waals surface area contributed by atoms with E-state index >= 15 is 0 Å². The predicted molar refractivity (Wildman–Crippen MR) is 80.0 cm³/mol. The van der Waals surface area contributed by atoms with Gasteiger partial charge in [-0.3, -0.25) is 0 Å². The number of aromatic nitrogens is 2. The van der Waals surface area contributed by atoms with Crippen molar-refractivity contribution in [3.63, 3.8) is 0 Å². The molecule has 4 nitrogen and oxygen atoms in total. The molecule has 3 rings (SSSR count). The van der Waals surface area contributed by atoms with Gasteiger partial charge in [0.2, 0.25) is 0 Å². The van der Waals surface area contributed by atoms with E-state index in [4.69, 9.17) is 17.4 Å². The number of hydrazine groups is 1. The molecule has 1 heterocycles. The van der Waals surface area contributed by atoms with Crippen molar-refractivity contribution in [3.8, 4) is 11.4 Å². The smallest absolute Gasteiger partial charge is 0.163 e. The third kappa shape index (κ3) is 2.33. The second kappa shape index (κ2) is 5.07. The van der Waals surface area contributed by atoms with Crippen molar-refractivity contribution in [2.75, 3.05) is 5.43 Å². The van der Waals surface area contributed by atoms with Gasteiger partial charge < -0.3 is 5.43 Å². The highest BCUT2D eigenvalue weighted by molar-refractivity contribution is 9.10. The second-order valence-electron chi connectivity index (χ2n) is 4.44. The number of halogens is 2. The van der Waals surface area contributed by atoms with Crippen molar-refractivity contribution < 1.29 is 0 Å². The number of nitrogen functional groups attached to an aromatic ring is 1. The molecule has 0 radical (unpaired) electrons. The lowest BCUT2D eigenvalue weighted by Crippen LogP contribution is -2.12. The largest absolute Gasteiger partial charge is 0.308 e. The molecule has 1 aliphatic rings. The number of nitrogens with two attached hydrogens (primary N) is 1. The molecule has 0 spiro atoms. The molecule has 1 aliphatic carbocycles. The standard InChI is InChI=1S/C13H12BrClN4/c14-10-5-4-7(15)6-9(10)12-17-11-3-1-2-8(11)13(18-12)19-16/h4-6H,1-3,16H2,(H,17,18,19). The van der Waals surface area contributed by atoms with Crippen molar-refractivity contribution in [1.82, 2.24) is 9.97 Å². The summed E-state index contributed by atoms with van der Waals surface area (Å²) in [7, 11) is 0. The minimum absolute atomic E-state index is 0.642. The lowest BCUT2D eigenvalue weighted by molar-refractivity contribution is 0.900. The molecule has 19 heavy (non-hydrogen) atoms. The molecule has 0 unspecified atom stereocenters. The van der Waals surface area contributed by atoms with Crippen LogP contribution in [0, 0.1) is 0 Å². The number of benzene rings is 1. The lowest BCUT2D eigenvalue weighted by Gasteiger charge is -2.10. The number of fused-ring (bicyclic) bond motifs is 1. The van der Waals surface area contributed by atoms with E-state index in [-0.39, 0.29) is 0 Å². The minimum Gasteiger partial charge on any atom is -0.308 e. The van der Waals surface area contributed by atoms with Gasteiger partial charge in [-0.05, 0) is 37.5 Å². The maximum atomic E-state index is 6.04. The Kier molecular flexibility index (Phi) is 3.43. The number of hydrogen-bond acceptors (Lipinski definition) is 4. The Bertz CT molecular complexity index is 645. The zero-order chi connectivity index (χ0) is 13.4. The van der Waals surface area contributed by atoms with Gasteiger partial charge in [0.25, 0.3) is 0 Å². The first-order chi connectivity index (χ1) is 9.19. The Hall–Kier alpha value is -1.17. The van der Waals surface area contributed by atoms with Gasteiger partial charge in [0.15, 0.2) is 5.82 Å². The van der Waals surface area contributed by atoms with Crippen molar-refractivity contribution >= 4 is 33.3 Å². The summed E-state index contributed by atoms with van der Waals surface area (Å²) < 4.78 is 0.915. The van der Waals surface area contributed by atoms with Gasteiger partial charge in [0.1, 0.15) is 5.82 Å². The fourth-order valence-electron chi connectivity index (χ4n) is 2.34. The van der Waals surface area contributed by atoms with Crippen molar-refractivity contribution in [2.24, 2.45) is 5.84 Å². The quantitative estimate of drug-likeness (QED) is 0.650. The van der Waals surface area contributed by atoms with Gasteiger partial charge in [-0.2, -0.15) is 0 Å². The summed E-state index contributed by atoms with van der Waals surface area (Å²) in [4.78, 5) is 9.14. The van der Waals surface area contributed by atoms with E-state index in [0.29, 0.717) is 16.7 Å². The van der Waals surface area contributed by atoms with E-state index < -0.39 is 0 Å². The maximum absolute atomic E-state index is 6.04. The Morgan fingerprint density at radius 3 is 2.89 bits per heavy atom. The molecule has 0 fully saturated rings. The highest BCUT2D eigenvalue weighted by atomic mass is 79.9. The average Bonchev–Trinajstić information content (AvgIpc) is 2.88. The summed E-state index contributed by atoms with van der Waals surface area (Å²) in [6, 6.07) is 5.57. The summed E-state index contributed by atoms with van der Waals surface area (Å²) in [5.41, 5.74) is 5.75. The number of aryl methyl sites for hydroxylation is 1. The van der Waals surface area contributed by atoms with Gasteiger partial charge in [0.05, 0.1) is 0 Å². The summed E-state index contributed by atoms with van der Waals surface area (Å²) in [5.74, 6) is 6.91. The van der Waals surface area contributed by atoms with Gasteiger partial charge in [-0.25, -0.2) is 15.8 Å². The number of nitrogens with zero attached hydrogens (tertiary/aromatic N) is 2. The molecular formula is C13H12BrClN4. The number of rotatable bonds is 2. The van der Waals surface area contributed by atoms with Crippen LogP contribution in [0.5, 0.6) is 0 Å². The topological polar surface area (TPSA) is 63.8 Å². The van der Waals surface area contributed by atoms with Crippen LogP contribution in [0.25, 0.3) is 11.4 Å². The third-order valence-corrected chi connectivity index (χ3v) is 4.17. The van der Waals surface area contributed by atoms with Crippen LogP contribution in [0.1, 0.15) is 17.7 Å². The van der Waals surface area contributed by atoms with E-state index in [1.54, 1.807) is 0 Å². The third-order valence-electron chi connectivity index (χ3n) is 3.24. The Balaban J connectivity index is 2.18. The van der Waals surface area contributed by atoms with Gasteiger partial charge in [-0.1, -0.05) is 27.5 Å². The molecule has 0 amide bonds. The van der Waals surface area contributed by atoms with Crippen LogP contribution in [-0.4, -0.2) is 9.97 Å². The van der Waals surface area contributed by atoms with Crippen molar-refractivity contribution in [1.29, 1.82) is 0 Å². The summed E-state index contributed by atoms with van der Waals surface area (Å²) in [6.45, 7) is 0. The summed E-state index contributed by atoms with van der Waals surface area (Å²) in [5, 5.41) is 0.657. The van der Waals surface area contributed by atoms with Crippen LogP contribution in [0.3, 0.4) is 0 Å². The van der Waals surface area contributed by atoms with Crippen LogP contribution < -0.4 is 11.3 Å². The van der Waals surface area contributed by atoms with Crippen LogP contribution in [0.15, 0.2) is 22.7 Å². The van der Waals surface area contributed by atoms with Crippen LogP contribution in [0.4, 0.5) is 5.82 Å². The van der Waals surface area contributed by atoms with E-state index in [0.717, 1.165) is 40.6 Å². The van der Waals surface area contributed by atoms with E-state index in [9.17, 15) is 0 Å². The summed E-state index contributed by atoms with van der Waals surface area (Å²) >= 11 is 9.54. The second-order valence-corrected chi connectivity index (χ2v) is 5.73. The van der Waals surface area contributed by atoms with Crippen LogP contribution >= 0.6 is 27.5 Å². The summed E-state index contributed by atoms with van der Waals surface area (Å²) in [6.07, 6.45) is 3.04. The first-order valence-electron chi connectivity index (χ1n) is 6.01. The molecule has 0 bridgehead atoms. The maximum Gasteiger partial charge on any atom is 0.163 e. The number of anilines is 1. The molecule has 0 saturated carbocycles. The molecule has 6 heteroatoms. The first kappa shape index (κ1) is 12.8. The zero-order valence-corrected chi connectivity index (χ0v) is 12.4. The monoisotopic (exact) mass is 338 g/mol. The molecular weight excluding hydrogens is 328 g/mol. The Morgan fingerprint density at radius 2 is 2.11 bits per heavy atom. The van der Waals surface area contributed by atoms with Crippen molar-refractivity contribution in [3.05, 3.63) is 39.0 Å². The van der Waals surface area contributed by atoms with Gasteiger partial charge in [-0.15, -0.1) is 0 Å². The van der Waals surface area contributed by atoms with Crippen molar-refractivity contribution in [2.45, 2.75) is 19.3 Å². The fraction of sp³-hybridized carbons (Fsp3) is 0.231. The lowest BCUT2D eigenvalue weighted by atomic mass is 10.2.